The number of likely N-dealkylation sites (N-methyl/N-ethyl adjacent to an activating group) is 1. The number of rotatable bonds is 8. The predicted molar refractivity (Wildman–Crippen MR) is 95.6 cm³/mol. The van der Waals surface area contributed by atoms with E-state index in [1.807, 2.05) is 35.1 Å². The number of methoxy groups -OCH3 is 1. The molecule has 0 spiro atoms. The maximum absolute atomic E-state index is 5.85. The van der Waals surface area contributed by atoms with Crippen LogP contribution >= 0.6 is 0 Å². The molecule has 1 saturated heterocycles. The van der Waals surface area contributed by atoms with Crippen LogP contribution in [0.4, 0.5) is 0 Å². The molecule has 2 atom stereocenters. The predicted octanol–water partition coefficient (Wildman–Crippen LogP) is 1.29. The average Bonchev–Trinajstić information content (AvgIpc) is 3.28. The van der Waals surface area contributed by atoms with E-state index in [0.29, 0.717) is 18.7 Å². The summed E-state index contributed by atoms with van der Waals surface area (Å²) in [5, 5.41) is 8.14. The second kappa shape index (κ2) is 8.42. The third kappa shape index (κ3) is 4.56. The molecule has 0 radical (unpaired) electrons. The van der Waals surface area contributed by atoms with Crippen LogP contribution in [0.2, 0.25) is 0 Å². The van der Waals surface area contributed by atoms with Gasteiger partial charge in [-0.2, -0.15) is 0 Å². The van der Waals surface area contributed by atoms with Crippen molar-refractivity contribution >= 4 is 0 Å². The first-order chi connectivity index (χ1) is 12.2. The molecule has 1 aromatic heterocycles. The van der Waals surface area contributed by atoms with Gasteiger partial charge in [0.15, 0.2) is 0 Å². The van der Waals surface area contributed by atoms with Gasteiger partial charge in [0.25, 0.3) is 0 Å². The van der Waals surface area contributed by atoms with E-state index in [-0.39, 0.29) is 0 Å². The summed E-state index contributed by atoms with van der Waals surface area (Å²) in [6.07, 6.45) is 3.69. The lowest BCUT2D eigenvalue weighted by molar-refractivity contribution is 0.0970. The summed E-state index contributed by atoms with van der Waals surface area (Å²) in [6, 6.07) is 8.77. The number of aromatic nitrogens is 3. The van der Waals surface area contributed by atoms with E-state index in [1.54, 1.807) is 13.3 Å². The SMILES string of the molecule is COc1ccc(COCCN2C[C@@H](N(C)C)[C@@H](n3ccnn3)C2)cc1. The molecular weight excluding hydrogens is 318 g/mol. The minimum Gasteiger partial charge on any atom is -0.497 e. The number of hydrogen-bond acceptors (Lipinski definition) is 6. The maximum atomic E-state index is 5.85. The second-order valence-electron chi connectivity index (χ2n) is 6.64. The summed E-state index contributed by atoms with van der Waals surface area (Å²) in [4.78, 5) is 4.70. The van der Waals surface area contributed by atoms with Gasteiger partial charge in [0, 0.05) is 31.9 Å². The molecule has 2 aromatic rings. The minimum atomic E-state index is 0.332. The van der Waals surface area contributed by atoms with E-state index in [4.69, 9.17) is 9.47 Å². The summed E-state index contributed by atoms with van der Waals surface area (Å²) in [7, 11) is 5.92. The topological polar surface area (TPSA) is 55.7 Å². The van der Waals surface area contributed by atoms with Gasteiger partial charge in [-0.1, -0.05) is 17.3 Å². The Balaban J connectivity index is 1.45. The van der Waals surface area contributed by atoms with Crippen molar-refractivity contribution in [1.82, 2.24) is 24.8 Å². The molecule has 0 bridgehead atoms. The molecule has 0 amide bonds. The van der Waals surface area contributed by atoms with Crippen molar-refractivity contribution in [2.75, 3.05) is 47.4 Å². The zero-order valence-corrected chi connectivity index (χ0v) is 15.2. The number of hydrogen-bond donors (Lipinski definition) is 0. The Morgan fingerprint density at radius 2 is 2.00 bits per heavy atom. The Labute approximate surface area is 149 Å². The van der Waals surface area contributed by atoms with Crippen molar-refractivity contribution in [1.29, 1.82) is 0 Å². The van der Waals surface area contributed by atoms with Gasteiger partial charge < -0.3 is 14.4 Å². The van der Waals surface area contributed by atoms with Gasteiger partial charge in [-0.15, -0.1) is 5.10 Å². The highest BCUT2D eigenvalue weighted by molar-refractivity contribution is 5.26. The Bertz CT molecular complexity index is 629. The molecule has 1 aromatic carbocycles. The van der Waals surface area contributed by atoms with Gasteiger partial charge in [0.05, 0.1) is 32.6 Å². The fourth-order valence-corrected chi connectivity index (χ4v) is 3.30. The average molecular weight is 345 g/mol. The number of benzene rings is 1. The molecule has 0 unspecified atom stereocenters. The van der Waals surface area contributed by atoms with Crippen LogP contribution in [-0.4, -0.2) is 78.3 Å². The summed E-state index contributed by atoms with van der Waals surface area (Å²) >= 11 is 0. The lowest BCUT2D eigenvalue weighted by Crippen LogP contribution is -2.36. The zero-order valence-electron chi connectivity index (χ0n) is 15.2. The molecule has 0 N–H and O–H groups in total. The Kier molecular flexibility index (Phi) is 6.01. The van der Waals surface area contributed by atoms with Crippen LogP contribution in [0.15, 0.2) is 36.7 Å². The van der Waals surface area contributed by atoms with Crippen molar-refractivity contribution in [3.63, 3.8) is 0 Å². The fourth-order valence-electron chi connectivity index (χ4n) is 3.30. The van der Waals surface area contributed by atoms with E-state index < -0.39 is 0 Å². The van der Waals surface area contributed by atoms with Crippen LogP contribution in [0, 0.1) is 0 Å². The highest BCUT2D eigenvalue weighted by Gasteiger charge is 2.35. The smallest absolute Gasteiger partial charge is 0.118 e. The first-order valence-corrected chi connectivity index (χ1v) is 8.62. The van der Waals surface area contributed by atoms with Crippen molar-refractivity contribution < 1.29 is 9.47 Å². The van der Waals surface area contributed by atoms with E-state index in [0.717, 1.165) is 37.6 Å². The third-order valence-corrected chi connectivity index (χ3v) is 4.76. The van der Waals surface area contributed by atoms with Gasteiger partial charge in [-0.05, 0) is 31.8 Å². The lowest BCUT2D eigenvalue weighted by Gasteiger charge is -2.24. The highest BCUT2D eigenvalue weighted by atomic mass is 16.5. The normalized spacial score (nSPS) is 21.1. The van der Waals surface area contributed by atoms with Gasteiger partial charge in [-0.3, -0.25) is 4.90 Å². The van der Waals surface area contributed by atoms with Crippen LogP contribution in [-0.2, 0) is 11.3 Å². The molecular formula is C18H27N5O2. The minimum absolute atomic E-state index is 0.332. The molecule has 3 rings (SSSR count). The Morgan fingerprint density at radius 1 is 1.20 bits per heavy atom. The number of nitrogens with zero attached hydrogens (tertiary/aromatic N) is 5. The molecule has 0 aliphatic carbocycles. The molecule has 1 aliphatic heterocycles. The lowest BCUT2D eigenvalue weighted by atomic mass is 10.1. The molecule has 25 heavy (non-hydrogen) atoms. The summed E-state index contributed by atoms with van der Waals surface area (Å²) < 4.78 is 13.0. The molecule has 0 saturated carbocycles. The van der Waals surface area contributed by atoms with Crippen LogP contribution < -0.4 is 4.74 Å². The quantitative estimate of drug-likeness (QED) is 0.672. The standard InChI is InChI=1S/C18H27N5O2/c1-21(2)17-12-22(13-18(17)23-9-8-19-20-23)10-11-25-14-15-4-6-16(24-3)7-5-15/h4-9,17-18H,10-14H2,1-3H3/t17-,18+/m1/s1. The molecule has 1 fully saturated rings. The molecule has 7 heteroatoms. The van der Waals surface area contributed by atoms with E-state index in [9.17, 15) is 0 Å². The van der Waals surface area contributed by atoms with Crippen molar-refractivity contribution in [3.05, 3.63) is 42.2 Å². The second-order valence-corrected chi connectivity index (χ2v) is 6.64. The van der Waals surface area contributed by atoms with Gasteiger partial charge >= 0.3 is 0 Å². The molecule has 1 aliphatic rings. The fraction of sp³-hybridized carbons (Fsp3) is 0.556. The number of ether oxygens (including phenoxy) is 2. The van der Waals surface area contributed by atoms with E-state index in [2.05, 4.69) is 34.2 Å². The zero-order chi connectivity index (χ0) is 17.6. The highest BCUT2D eigenvalue weighted by Crippen LogP contribution is 2.24. The van der Waals surface area contributed by atoms with Crippen LogP contribution in [0.5, 0.6) is 5.75 Å². The van der Waals surface area contributed by atoms with Crippen LogP contribution in [0.1, 0.15) is 11.6 Å². The summed E-state index contributed by atoms with van der Waals surface area (Å²) in [6.45, 7) is 4.25. The van der Waals surface area contributed by atoms with E-state index in [1.165, 1.54) is 0 Å². The van der Waals surface area contributed by atoms with Crippen molar-refractivity contribution in [3.8, 4) is 5.75 Å². The van der Waals surface area contributed by atoms with Crippen LogP contribution in [0.25, 0.3) is 0 Å². The maximum Gasteiger partial charge on any atom is 0.118 e. The van der Waals surface area contributed by atoms with E-state index >= 15 is 0 Å². The van der Waals surface area contributed by atoms with Crippen molar-refractivity contribution in [2.24, 2.45) is 0 Å². The third-order valence-electron chi connectivity index (χ3n) is 4.76. The Hall–Kier alpha value is -1.96. The molecule has 2 heterocycles. The first kappa shape index (κ1) is 17.8. The molecule has 7 nitrogen and oxygen atoms in total. The molecule has 136 valence electrons. The van der Waals surface area contributed by atoms with Gasteiger partial charge in [0.2, 0.25) is 0 Å². The first-order valence-electron chi connectivity index (χ1n) is 8.62. The Morgan fingerprint density at radius 3 is 2.64 bits per heavy atom. The van der Waals surface area contributed by atoms with Crippen LogP contribution in [0.3, 0.4) is 0 Å². The number of likely N-dealkylation sites (tertiary alicyclic amines) is 1. The summed E-state index contributed by atoms with van der Waals surface area (Å²) in [5.41, 5.74) is 1.16. The summed E-state index contributed by atoms with van der Waals surface area (Å²) in [5.74, 6) is 0.870. The van der Waals surface area contributed by atoms with Crippen molar-refractivity contribution in [2.45, 2.75) is 18.7 Å². The monoisotopic (exact) mass is 345 g/mol. The van der Waals surface area contributed by atoms with Gasteiger partial charge in [-0.25, -0.2) is 4.68 Å². The largest absolute Gasteiger partial charge is 0.497 e. The van der Waals surface area contributed by atoms with Gasteiger partial charge in [0.1, 0.15) is 5.75 Å².